The molecule has 0 radical (unpaired) electrons. The summed E-state index contributed by atoms with van der Waals surface area (Å²) in [6.45, 7) is 11.4. The molecule has 0 saturated carbocycles. The summed E-state index contributed by atoms with van der Waals surface area (Å²) in [6.07, 6.45) is 8.07. The number of rotatable bonds is 5. The highest BCUT2D eigenvalue weighted by Gasteiger charge is 2.24. The minimum Gasteiger partial charge on any atom is -0.317 e. The van der Waals surface area contributed by atoms with E-state index in [1.807, 2.05) is 62.6 Å². The zero-order valence-corrected chi connectivity index (χ0v) is 33.2. The standard InChI is InChI=1S/C21H22FN5S.C19H18FN5S.ClH/c1-3-26-8-6-14(7-9-26)21-24-20-16(22)10-15(11-18(20)28-21)17-4-5-19-23-13(2)12-27(19)25-17;1-11-10-25-17(22-11)3-2-15(24-25)13-8-14(20)18-16(9-13)26-19(23-18)12-4-6-21-7-5-12;/h4-5,10-12,14H,3,6-9H2,1-2H3;2-3,8-10,12,21H,4-7H2,1H3;1H. The van der Waals surface area contributed by atoms with Crippen LogP contribution in [0.5, 0.6) is 0 Å². The van der Waals surface area contributed by atoms with E-state index in [4.69, 9.17) is 0 Å². The number of fused-ring (bicyclic) bond motifs is 4. The topological polar surface area (TPSA) is 101 Å². The van der Waals surface area contributed by atoms with Crippen LogP contribution in [0.1, 0.15) is 65.8 Å². The van der Waals surface area contributed by atoms with Crippen molar-refractivity contribution in [1.29, 1.82) is 0 Å². The zero-order chi connectivity index (χ0) is 36.9. The second-order valence-corrected chi connectivity index (χ2v) is 16.4. The van der Waals surface area contributed by atoms with Crippen LogP contribution >= 0.6 is 35.1 Å². The Kier molecular flexibility index (Phi) is 10.6. The van der Waals surface area contributed by atoms with Crippen LogP contribution in [0, 0.1) is 25.5 Å². The molecule has 0 aliphatic carbocycles. The number of nitrogens with one attached hydrogen (secondary N) is 1. The Morgan fingerprint density at radius 2 is 1.15 bits per heavy atom. The van der Waals surface area contributed by atoms with Gasteiger partial charge in [-0.15, -0.1) is 35.1 Å². The average Bonchev–Trinajstić information content (AvgIpc) is 3.98. The molecule has 2 aromatic carbocycles. The SMILES string of the molecule is CCN1CCC(c2nc3c(F)cc(-c4ccc5nc(C)cn5n4)cc3s2)CC1.Cc1cn2nc(-c3cc(F)c4nc(C5CCNCC5)sc4c3)ccc2n1.Cl. The summed E-state index contributed by atoms with van der Waals surface area (Å²) in [5.74, 6) is 0.314. The van der Waals surface area contributed by atoms with Crippen LogP contribution in [0.15, 0.2) is 60.9 Å². The lowest BCUT2D eigenvalue weighted by molar-refractivity contribution is 0.222. The summed E-state index contributed by atoms with van der Waals surface area (Å²) in [5, 5.41) is 14.6. The Hall–Kier alpha value is -4.47. The number of hydrogen-bond donors (Lipinski definition) is 1. The molecule has 55 heavy (non-hydrogen) atoms. The van der Waals surface area contributed by atoms with Crippen LogP contribution in [0.25, 0.3) is 54.2 Å². The molecule has 0 atom stereocenters. The second-order valence-electron chi connectivity index (χ2n) is 14.3. The lowest BCUT2D eigenvalue weighted by atomic mass is 9.98. The van der Waals surface area contributed by atoms with E-state index in [2.05, 4.69) is 47.3 Å². The number of halogens is 3. The molecule has 2 fully saturated rings. The number of piperidine rings is 2. The molecule has 2 aliphatic heterocycles. The molecule has 6 aromatic heterocycles. The highest BCUT2D eigenvalue weighted by molar-refractivity contribution is 7.19. The maximum atomic E-state index is 14.8. The van der Waals surface area contributed by atoms with Gasteiger partial charge < -0.3 is 10.2 Å². The fourth-order valence-electron chi connectivity index (χ4n) is 7.53. The molecule has 284 valence electrons. The van der Waals surface area contributed by atoms with Crippen molar-refractivity contribution in [1.82, 2.24) is 49.4 Å². The van der Waals surface area contributed by atoms with E-state index >= 15 is 0 Å². The van der Waals surface area contributed by atoms with E-state index in [0.29, 0.717) is 22.9 Å². The van der Waals surface area contributed by atoms with Gasteiger partial charge in [-0.3, -0.25) is 0 Å². The summed E-state index contributed by atoms with van der Waals surface area (Å²) >= 11 is 3.24. The first-order valence-corrected chi connectivity index (χ1v) is 20.2. The quantitative estimate of drug-likeness (QED) is 0.184. The first-order chi connectivity index (χ1) is 26.3. The molecule has 8 aromatic rings. The number of benzene rings is 2. The molecule has 2 aliphatic rings. The lowest BCUT2D eigenvalue weighted by Gasteiger charge is -2.29. The van der Waals surface area contributed by atoms with Crippen molar-refractivity contribution >= 4 is 66.8 Å². The lowest BCUT2D eigenvalue weighted by Crippen LogP contribution is -2.32. The Bertz CT molecular complexity index is 2640. The predicted molar refractivity (Wildman–Crippen MR) is 219 cm³/mol. The van der Waals surface area contributed by atoms with Crippen molar-refractivity contribution in [2.24, 2.45) is 0 Å². The fraction of sp³-hybridized carbons (Fsp3) is 0.350. The van der Waals surface area contributed by atoms with Gasteiger partial charge in [0.1, 0.15) is 11.0 Å². The van der Waals surface area contributed by atoms with Gasteiger partial charge in [0.15, 0.2) is 22.9 Å². The molecule has 2 saturated heterocycles. The molecule has 0 spiro atoms. The molecule has 15 heteroatoms. The van der Waals surface area contributed by atoms with E-state index in [1.54, 1.807) is 37.8 Å². The summed E-state index contributed by atoms with van der Waals surface area (Å²) in [7, 11) is 0. The van der Waals surface area contributed by atoms with Crippen molar-refractivity contribution in [2.45, 2.75) is 58.3 Å². The largest absolute Gasteiger partial charge is 0.317 e. The molecular formula is C40H41ClF2N10S2. The van der Waals surface area contributed by atoms with Gasteiger partial charge in [-0.25, -0.2) is 37.7 Å². The summed E-state index contributed by atoms with van der Waals surface area (Å²) < 4.78 is 34.8. The van der Waals surface area contributed by atoms with Gasteiger partial charge >= 0.3 is 0 Å². The molecule has 10 nitrogen and oxygen atoms in total. The van der Waals surface area contributed by atoms with Gasteiger partial charge in [0, 0.05) is 23.0 Å². The minimum absolute atomic E-state index is 0. The van der Waals surface area contributed by atoms with Crippen LogP contribution < -0.4 is 5.32 Å². The van der Waals surface area contributed by atoms with Gasteiger partial charge in [-0.05, 0) is 121 Å². The van der Waals surface area contributed by atoms with Crippen LogP contribution in [0.4, 0.5) is 8.78 Å². The molecule has 0 unspecified atom stereocenters. The van der Waals surface area contributed by atoms with E-state index in [0.717, 1.165) is 123 Å². The minimum atomic E-state index is -0.280. The van der Waals surface area contributed by atoms with E-state index in [1.165, 1.54) is 6.07 Å². The zero-order valence-electron chi connectivity index (χ0n) is 30.8. The number of aryl methyl sites for hydroxylation is 2. The number of likely N-dealkylation sites (tertiary alicyclic amines) is 1. The third-order valence-electron chi connectivity index (χ3n) is 10.5. The number of imidazole rings is 2. The summed E-state index contributed by atoms with van der Waals surface area (Å²) in [6, 6.07) is 14.7. The Morgan fingerprint density at radius 1 is 0.673 bits per heavy atom. The summed E-state index contributed by atoms with van der Waals surface area (Å²) in [4.78, 5) is 20.5. The highest BCUT2D eigenvalue weighted by Crippen LogP contribution is 2.38. The van der Waals surface area contributed by atoms with Gasteiger partial charge in [-0.2, -0.15) is 10.2 Å². The van der Waals surface area contributed by atoms with Crippen LogP contribution in [-0.4, -0.2) is 76.8 Å². The van der Waals surface area contributed by atoms with E-state index < -0.39 is 0 Å². The molecule has 8 heterocycles. The van der Waals surface area contributed by atoms with Crippen molar-refractivity contribution in [3.8, 4) is 22.5 Å². The second kappa shape index (κ2) is 15.6. The van der Waals surface area contributed by atoms with Gasteiger partial charge in [-0.1, -0.05) is 6.92 Å². The molecule has 10 rings (SSSR count). The third-order valence-corrected chi connectivity index (χ3v) is 12.8. The van der Waals surface area contributed by atoms with Crippen molar-refractivity contribution in [3.05, 3.63) is 94.0 Å². The molecule has 0 bridgehead atoms. The molecular weight excluding hydrogens is 758 g/mol. The first kappa shape index (κ1) is 37.5. The predicted octanol–water partition coefficient (Wildman–Crippen LogP) is 9.00. The van der Waals surface area contributed by atoms with Crippen molar-refractivity contribution in [3.63, 3.8) is 0 Å². The number of thiazole rings is 2. The average molecular weight is 799 g/mol. The number of hydrogen-bond acceptors (Lipinski definition) is 10. The van der Waals surface area contributed by atoms with Crippen LogP contribution in [0.3, 0.4) is 0 Å². The van der Waals surface area contributed by atoms with Crippen LogP contribution in [-0.2, 0) is 0 Å². The molecule has 0 amide bonds. The Balaban J connectivity index is 0.000000153. The molecule has 1 N–H and O–H groups in total. The van der Waals surface area contributed by atoms with Crippen molar-refractivity contribution < 1.29 is 8.78 Å². The monoisotopic (exact) mass is 798 g/mol. The summed E-state index contributed by atoms with van der Waals surface area (Å²) in [5.41, 5.74) is 7.37. The number of nitrogens with zero attached hydrogens (tertiary/aromatic N) is 9. The highest BCUT2D eigenvalue weighted by atomic mass is 35.5. The van der Waals surface area contributed by atoms with Gasteiger partial charge in [0.2, 0.25) is 0 Å². The van der Waals surface area contributed by atoms with Crippen LogP contribution in [0.2, 0.25) is 0 Å². The van der Waals surface area contributed by atoms with E-state index in [9.17, 15) is 8.78 Å². The Morgan fingerprint density at radius 3 is 1.62 bits per heavy atom. The first-order valence-electron chi connectivity index (χ1n) is 18.6. The third kappa shape index (κ3) is 7.58. The Labute approximate surface area is 331 Å². The number of aromatic nitrogens is 8. The van der Waals surface area contributed by atoms with Gasteiger partial charge in [0.25, 0.3) is 0 Å². The van der Waals surface area contributed by atoms with Gasteiger partial charge in [0.05, 0.1) is 54.6 Å². The smallest absolute Gasteiger partial charge is 0.153 e. The maximum absolute atomic E-state index is 14.8. The normalized spacial score (nSPS) is 15.9. The van der Waals surface area contributed by atoms with Crippen molar-refractivity contribution in [2.75, 3.05) is 32.7 Å². The fourth-order valence-corrected chi connectivity index (χ4v) is 9.91. The van der Waals surface area contributed by atoms with E-state index in [-0.39, 0.29) is 24.0 Å². The maximum Gasteiger partial charge on any atom is 0.153 e.